The van der Waals surface area contributed by atoms with Gasteiger partial charge >= 0.3 is 0 Å². The topological polar surface area (TPSA) is 32.7 Å². The molecule has 0 aromatic rings. The van der Waals surface area contributed by atoms with Crippen molar-refractivity contribution in [2.75, 3.05) is 7.05 Å². The average Bonchev–Trinajstić information content (AvgIpc) is 1.97. The van der Waals surface area contributed by atoms with E-state index in [1.54, 1.807) is 13.3 Å². The molecule has 0 spiro atoms. The number of carbonyl (C=O) groups is 1. The van der Waals surface area contributed by atoms with Crippen molar-refractivity contribution in [1.29, 1.82) is 0 Å². The molecule has 0 aliphatic heterocycles. The maximum absolute atomic E-state index is 10.9. The molecule has 0 rings (SSSR count). The van der Waals surface area contributed by atoms with Crippen LogP contribution >= 0.6 is 0 Å². The molecule has 0 fully saturated rings. The fourth-order valence-electron chi connectivity index (χ4n) is 0.557. The van der Waals surface area contributed by atoms with Crippen molar-refractivity contribution >= 4 is 12.0 Å². The molecular weight excluding hydrogens is 164 g/mol. The van der Waals surface area contributed by atoms with Crippen LogP contribution in [0, 0.1) is 5.41 Å². The predicted octanol–water partition coefficient (Wildman–Crippen LogP) is 2.05. The fraction of sp³-hybridized carbons (Fsp3) is 0.600. The highest BCUT2D eigenvalue weighted by Crippen LogP contribution is 2.10. The Hall–Kier alpha value is -1.12. The van der Waals surface area contributed by atoms with Crippen molar-refractivity contribution in [3.05, 3.63) is 12.3 Å². The van der Waals surface area contributed by atoms with Crippen LogP contribution in [0.5, 0.6) is 0 Å². The molecule has 3 heteroatoms. The van der Waals surface area contributed by atoms with E-state index in [1.165, 1.54) is 11.9 Å². The minimum absolute atomic E-state index is 0.0192. The molecule has 0 aliphatic carbocycles. The SMILES string of the molecule is C=C(C(C)=O)N(C)/N=C/C(C)(C)C. The Morgan fingerprint density at radius 2 is 1.92 bits per heavy atom. The molecule has 0 N–H and O–H groups in total. The Morgan fingerprint density at radius 3 is 2.23 bits per heavy atom. The lowest BCUT2D eigenvalue weighted by Crippen LogP contribution is -2.18. The molecule has 0 saturated carbocycles. The van der Waals surface area contributed by atoms with Gasteiger partial charge in [0.25, 0.3) is 0 Å². The molecular formula is C10H18N2O. The third-order valence-corrected chi connectivity index (χ3v) is 1.42. The Morgan fingerprint density at radius 1 is 1.46 bits per heavy atom. The van der Waals surface area contributed by atoms with Gasteiger partial charge in [-0.25, -0.2) is 0 Å². The number of ketones is 1. The summed E-state index contributed by atoms with van der Waals surface area (Å²) in [6.45, 7) is 11.2. The lowest BCUT2D eigenvalue weighted by molar-refractivity contribution is -0.114. The van der Waals surface area contributed by atoms with Crippen molar-refractivity contribution in [3.63, 3.8) is 0 Å². The summed E-state index contributed by atoms with van der Waals surface area (Å²) in [6, 6.07) is 0. The van der Waals surface area contributed by atoms with Crippen LogP contribution in [-0.2, 0) is 4.79 Å². The molecule has 74 valence electrons. The number of nitrogens with zero attached hydrogens (tertiary/aromatic N) is 2. The van der Waals surface area contributed by atoms with E-state index in [4.69, 9.17) is 0 Å². The molecule has 0 bridgehead atoms. The highest BCUT2D eigenvalue weighted by molar-refractivity contribution is 5.91. The molecule has 0 aliphatic rings. The lowest BCUT2D eigenvalue weighted by Gasteiger charge is -2.16. The fourth-order valence-corrected chi connectivity index (χ4v) is 0.557. The van der Waals surface area contributed by atoms with Crippen molar-refractivity contribution in [1.82, 2.24) is 5.01 Å². The molecule has 0 aromatic carbocycles. The first-order valence-electron chi connectivity index (χ1n) is 4.23. The Kier molecular flexibility index (Phi) is 3.85. The Bertz CT molecular complexity index is 236. The number of carbonyl (C=O) groups excluding carboxylic acids is 1. The smallest absolute Gasteiger partial charge is 0.177 e. The largest absolute Gasteiger partial charge is 0.293 e. The molecule has 0 amide bonds. The second-order valence-electron chi connectivity index (χ2n) is 4.14. The van der Waals surface area contributed by atoms with Gasteiger partial charge in [-0.1, -0.05) is 27.4 Å². The molecule has 3 nitrogen and oxygen atoms in total. The zero-order valence-corrected chi connectivity index (χ0v) is 9.09. The van der Waals surface area contributed by atoms with E-state index in [0.29, 0.717) is 5.70 Å². The monoisotopic (exact) mass is 182 g/mol. The van der Waals surface area contributed by atoms with Gasteiger partial charge in [-0.3, -0.25) is 9.80 Å². The van der Waals surface area contributed by atoms with E-state index in [-0.39, 0.29) is 11.2 Å². The van der Waals surface area contributed by atoms with Crippen molar-refractivity contribution in [2.45, 2.75) is 27.7 Å². The third-order valence-electron chi connectivity index (χ3n) is 1.42. The van der Waals surface area contributed by atoms with Gasteiger partial charge in [0.1, 0.15) is 0 Å². The highest BCUT2D eigenvalue weighted by atomic mass is 16.1. The molecule has 0 heterocycles. The van der Waals surface area contributed by atoms with Crippen LogP contribution in [0.3, 0.4) is 0 Å². The summed E-state index contributed by atoms with van der Waals surface area (Å²) < 4.78 is 0. The van der Waals surface area contributed by atoms with E-state index < -0.39 is 0 Å². The van der Waals surface area contributed by atoms with Crippen LogP contribution in [-0.4, -0.2) is 24.1 Å². The molecule has 0 atom stereocenters. The number of hydrazone groups is 1. The zero-order chi connectivity index (χ0) is 10.6. The first kappa shape index (κ1) is 11.9. The van der Waals surface area contributed by atoms with Gasteiger partial charge in [0.15, 0.2) is 5.78 Å². The molecule has 0 radical (unpaired) electrons. The van der Waals surface area contributed by atoms with Crippen molar-refractivity contribution in [2.24, 2.45) is 10.5 Å². The van der Waals surface area contributed by atoms with Crippen LogP contribution in [0.2, 0.25) is 0 Å². The number of rotatable bonds is 3. The maximum atomic E-state index is 10.9. The second kappa shape index (κ2) is 4.21. The van der Waals surface area contributed by atoms with Gasteiger partial charge in [-0.2, -0.15) is 5.10 Å². The summed E-state index contributed by atoms with van der Waals surface area (Å²) in [7, 11) is 1.71. The number of hydrogen-bond donors (Lipinski definition) is 0. The normalized spacial score (nSPS) is 11.8. The van der Waals surface area contributed by atoms with E-state index >= 15 is 0 Å². The Balaban J connectivity index is 4.32. The zero-order valence-electron chi connectivity index (χ0n) is 9.09. The summed E-state index contributed by atoms with van der Waals surface area (Å²) in [6.07, 6.45) is 1.79. The molecule has 0 saturated heterocycles. The van der Waals surface area contributed by atoms with E-state index in [1.807, 2.05) is 20.8 Å². The number of allylic oxidation sites excluding steroid dienone is 1. The van der Waals surface area contributed by atoms with Gasteiger partial charge in [0.05, 0.1) is 5.70 Å². The molecule has 13 heavy (non-hydrogen) atoms. The van der Waals surface area contributed by atoms with Crippen LogP contribution in [0.25, 0.3) is 0 Å². The van der Waals surface area contributed by atoms with Crippen molar-refractivity contribution < 1.29 is 4.79 Å². The lowest BCUT2D eigenvalue weighted by atomic mass is 9.99. The molecule has 0 aromatic heterocycles. The average molecular weight is 182 g/mol. The number of likely N-dealkylation sites (N-methyl/N-ethyl adjacent to an activating group) is 1. The Labute approximate surface area is 80.1 Å². The molecule has 0 unspecified atom stereocenters. The van der Waals surface area contributed by atoms with E-state index in [2.05, 4.69) is 11.7 Å². The number of Topliss-reactive ketones (excluding diaryl/α,β-unsaturated/α-hetero) is 1. The van der Waals surface area contributed by atoms with E-state index in [9.17, 15) is 4.79 Å². The quantitative estimate of drug-likeness (QED) is 0.380. The van der Waals surface area contributed by atoms with Crippen molar-refractivity contribution in [3.8, 4) is 0 Å². The van der Waals surface area contributed by atoms with Crippen LogP contribution in [0.4, 0.5) is 0 Å². The summed E-state index contributed by atoms with van der Waals surface area (Å²) in [5.74, 6) is -0.0615. The predicted molar refractivity (Wildman–Crippen MR) is 55.5 cm³/mol. The summed E-state index contributed by atoms with van der Waals surface area (Å²) in [5, 5.41) is 5.60. The van der Waals surface area contributed by atoms with Crippen LogP contribution in [0.15, 0.2) is 17.4 Å². The number of hydrogen-bond acceptors (Lipinski definition) is 3. The van der Waals surface area contributed by atoms with Crippen LogP contribution in [0.1, 0.15) is 27.7 Å². The van der Waals surface area contributed by atoms with Gasteiger partial charge < -0.3 is 0 Å². The third kappa shape index (κ3) is 5.17. The second-order valence-corrected chi connectivity index (χ2v) is 4.14. The minimum Gasteiger partial charge on any atom is -0.293 e. The summed E-state index contributed by atoms with van der Waals surface area (Å²) in [4.78, 5) is 10.9. The summed E-state index contributed by atoms with van der Waals surface area (Å²) >= 11 is 0. The van der Waals surface area contributed by atoms with Gasteiger partial charge in [0.2, 0.25) is 0 Å². The maximum Gasteiger partial charge on any atom is 0.177 e. The summed E-state index contributed by atoms with van der Waals surface area (Å²) in [5.41, 5.74) is 0.422. The van der Waals surface area contributed by atoms with Gasteiger partial charge in [0, 0.05) is 20.2 Å². The first-order chi connectivity index (χ1) is 5.74. The van der Waals surface area contributed by atoms with Gasteiger partial charge in [-0.15, -0.1) is 0 Å². The van der Waals surface area contributed by atoms with E-state index in [0.717, 1.165) is 0 Å². The highest BCUT2D eigenvalue weighted by Gasteiger charge is 2.08. The van der Waals surface area contributed by atoms with Crippen LogP contribution < -0.4 is 0 Å². The minimum atomic E-state index is -0.0615. The first-order valence-corrected chi connectivity index (χ1v) is 4.23. The standard InChI is InChI=1S/C10H18N2O/c1-8(9(2)13)12(6)11-7-10(3,4)5/h7H,1H2,2-6H3/b11-7+. The van der Waals surface area contributed by atoms with Gasteiger partial charge in [-0.05, 0) is 5.41 Å².